The molecule has 9 nitrogen and oxygen atoms in total. The predicted octanol–water partition coefficient (Wildman–Crippen LogP) is 4.19. The molecule has 1 saturated carbocycles. The molecule has 1 fully saturated rings. The molecule has 4 rings (SSSR count). The van der Waals surface area contributed by atoms with Crippen LogP contribution in [0.5, 0.6) is 0 Å². The van der Waals surface area contributed by atoms with Gasteiger partial charge in [0.25, 0.3) is 0 Å². The SMILES string of the molecule is CCCCCCCNS(=O)(=O)c1ccc(-c2c(C(=O)O)c(=O)c3cc(F)ccc3n2C2CC2)cc1C(N)=O. The lowest BCUT2D eigenvalue weighted by Gasteiger charge is -2.20. The highest BCUT2D eigenvalue weighted by Crippen LogP contribution is 2.42. The fourth-order valence-electron chi connectivity index (χ4n) is 4.69. The Kier molecular flexibility index (Phi) is 7.98. The van der Waals surface area contributed by atoms with E-state index in [0.29, 0.717) is 24.8 Å². The van der Waals surface area contributed by atoms with Crippen LogP contribution in [0.2, 0.25) is 0 Å². The number of carbonyl (C=O) groups excluding carboxylic acids is 1. The van der Waals surface area contributed by atoms with Gasteiger partial charge in [-0.1, -0.05) is 38.7 Å². The second-order valence-electron chi connectivity index (χ2n) is 9.51. The van der Waals surface area contributed by atoms with Crippen molar-refractivity contribution in [2.45, 2.75) is 62.8 Å². The number of hydrogen-bond acceptors (Lipinski definition) is 5. The molecule has 1 aliphatic carbocycles. The normalized spacial score (nSPS) is 13.6. The number of carboxylic acids is 1. The van der Waals surface area contributed by atoms with E-state index in [1.54, 1.807) is 4.57 Å². The van der Waals surface area contributed by atoms with Crippen LogP contribution in [-0.2, 0) is 10.0 Å². The number of fused-ring (bicyclic) bond motifs is 1. The molecule has 1 aromatic heterocycles. The minimum atomic E-state index is -4.09. The number of halogens is 1. The largest absolute Gasteiger partial charge is 0.477 e. The molecule has 1 aliphatic rings. The maximum absolute atomic E-state index is 14.0. The number of carboxylic acid groups (broad SMARTS) is 1. The fraction of sp³-hybridized carbons (Fsp3) is 0.370. The summed E-state index contributed by atoms with van der Waals surface area (Å²) in [7, 11) is -4.09. The summed E-state index contributed by atoms with van der Waals surface area (Å²) < 4.78 is 44.1. The zero-order valence-electron chi connectivity index (χ0n) is 21.0. The molecule has 0 bridgehead atoms. The number of aromatic nitrogens is 1. The van der Waals surface area contributed by atoms with Gasteiger partial charge in [-0.05, 0) is 49.6 Å². The van der Waals surface area contributed by atoms with Crippen molar-refractivity contribution in [3.8, 4) is 11.3 Å². The van der Waals surface area contributed by atoms with E-state index in [1.165, 1.54) is 30.3 Å². The summed E-state index contributed by atoms with van der Waals surface area (Å²) in [5.41, 5.74) is 4.27. The Hall–Kier alpha value is -3.57. The van der Waals surface area contributed by atoms with Gasteiger partial charge in [0.05, 0.1) is 21.7 Å². The van der Waals surface area contributed by atoms with Gasteiger partial charge in [0.1, 0.15) is 11.4 Å². The average molecular weight is 544 g/mol. The van der Waals surface area contributed by atoms with Gasteiger partial charge in [0.15, 0.2) is 0 Å². The van der Waals surface area contributed by atoms with E-state index >= 15 is 0 Å². The van der Waals surface area contributed by atoms with Crippen molar-refractivity contribution >= 4 is 32.8 Å². The summed E-state index contributed by atoms with van der Waals surface area (Å²) in [6.07, 6.45) is 6.03. The minimum Gasteiger partial charge on any atom is -0.477 e. The zero-order valence-corrected chi connectivity index (χ0v) is 21.8. The topological polar surface area (TPSA) is 149 Å². The highest BCUT2D eigenvalue weighted by molar-refractivity contribution is 7.89. The Morgan fingerprint density at radius 3 is 2.45 bits per heavy atom. The van der Waals surface area contributed by atoms with Crippen molar-refractivity contribution in [1.82, 2.24) is 9.29 Å². The first kappa shape index (κ1) is 27.5. The molecule has 0 spiro atoms. The monoisotopic (exact) mass is 543 g/mol. The van der Waals surface area contributed by atoms with E-state index in [2.05, 4.69) is 11.6 Å². The third-order valence-electron chi connectivity index (χ3n) is 6.67. The summed E-state index contributed by atoms with van der Waals surface area (Å²) >= 11 is 0. The third kappa shape index (κ3) is 5.48. The van der Waals surface area contributed by atoms with Crippen molar-refractivity contribution < 1.29 is 27.5 Å². The van der Waals surface area contributed by atoms with Crippen molar-refractivity contribution in [2.75, 3.05) is 6.54 Å². The lowest BCUT2D eigenvalue weighted by molar-refractivity contribution is 0.0695. The quantitative estimate of drug-likeness (QED) is 0.292. The number of unbranched alkanes of at least 4 members (excludes halogenated alkanes) is 4. The molecule has 3 aromatic rings. The van der Waals surface area contributed by atoms with Crippen LogP contribution in [0.4, 0.5) is 4.39 Å². The molecule has 0 atom stereocenters. The van der Waals surface area contributed by atoms with Crippen LogP contribution >= 0.6 is 0 Å². The molecule has 2 aromatic carbocycles. The Bertz CT molecular complexity index is 1580. The van der Waals surface area contributed by atoms with Crippen LogP contribution in [0.3, 0.4) is 0 Å². The van der Waals surface area contributed by atoms with Crippen LogP contribution in [0.1, 0.15) is 78.6 Å². The highest BCUT2D eigenvalue weighted by Gasteiger charge is 2.33. The van der Waals surface area contributed by atoms with E-state index in [-0.39, 0.29) is 39.7 Å². The maximum Gasteiger partial charge on any atom is 0.341 e. The number of benzene rings is 2. The fourth-order valence-corrected chi connectivity index (χ4v) is 5.96. The number of aromatic carboxylic acids is 1. The highest BCUT2D eigenvalue weighted by atomic mass is 32.2. The van der Waals surface area contributed by atoms with Crippen molar-refractivity contribution in [3.05, 3.63) is 63.6 Å². The minimum absolute atomic E-state index is 0.0134. The van der Waals surface area contributed by atoms with E-state index in [1.807, 2.05) is 0 Å². The Morgan fingerprint density at radius 2 is 1.82 bits per heavy atom. The van der Waals surface area contributed by atoms with Crippen LogP contribution in [0, 0.1) is 5.82 Å². The van der Waals surface area contributed by atoms with Crippen molar-refractivity contribution in [1.29, 1.82) is 0 Å². The smallest absolute Gasteiger partial charge is 0.341 e. The predicted molar refractivity (Wildman–Crippen MR) is 141 cm³/mol. The number of pyridine rings is 1. The third-order valence-corrected chi connectivity index (χ3v) is 8.19. The number of nitrogens with two attached hydrogens (primary N) is 1. The second-order valence-corrected chi connectivity index (χ2v) is 11.2. The second kappa shape index (κ2) is 11.0. The van der Waals surface area contributed by atoms with Gasteiger partial charge in [0.2, 0.25) is 21.4 Å². The molecular weight excluding hydrogens is 513 g/mol. The van der Waals surface area contributed by atoms with Gasteiger partial charge in [-0.2, -0.15) is 0 Å². The Labute approximate surface area is 219 Å². The summed E-state index contributed by atoms with van der Waals surface area (Å²) in [4.78, 5) is 37.5. The summed E-state index contributed by atoms with van der Waals surface area (Å²) in [6.45, 7) is 2.27. The molecule has 202 valence electrons. The van der Waals surface area contributed by atoms with Gasteiger partial charge >= 0.3 is 5.97 Å². The first-order valence-corrected chi connectivity index (χ1v) is 14.1. The average Bonchev–Trinajstić information content (AvgIpc) is 3.71. The number of carbonyl (C=O) groups is 2. The van der Waals surface area contributed by atoms with Crippen LogP contribution < -0.4 is 15.9 Å². The number of sulfonamides is 1. The van der Waals surface area contributed by atoms with Gasteiger partial charge in [-0.15, -0.1) is 0 Å². The van der Waals surface area contributed by atoms with Gasteiger partial charge in [-0.3, -0.25) is 9.59 Å². The molecule has 1 amide bonds. The lowest BCUT2D eigenvalue weighted by atomic mass is 9.99. The first-order chi connectivity index (χ1) is 18.1. The molecule has 0 aliphatic heterocycles. The molecule has 0 radical (unpaired) electrons. The number of nitrogens with one attached hydrogen (secondary N) is 1. The standard InChI is InChI=1S/C27H30FN3O6S/c1-2-3-4-5-6-13-30-38(36,37)22-12-7-16(14-20(22)26(29)33)24-23(27(34)35)25(32)19-15-17(28)8-11-21(19)31(24)18-9-10-18/h7-8,11-12,14-15,18,30H,2-6,9-10,13H2,1H3,(H2,29,33)(H,34,35). The summed E-state index contributed by atoms with van der Waals surface area (Å²) in [5.74, 6) is -3.22. The van der Waals surface area contributed by atoms with E-state index < -0.39 is 38.7 Å². The number of primary amides is 1. The van der Waals surface area contributed by atoms with Crippen LogP contribution in [0.15, 0.2) is 46.1 Å². The molecule has 11 heteroatoms. The molecular formula is C27H30FN3O6S. The summed E-state index contributed by atoms with van der Waals surface area (Å²) in [5, 5.41) is 9.92. The number of amides is 1. The van der Waals surface area contributed by atoms with E-state index in [9.17, 15) is 32.3 Å². The Balaban J connectivity index is 1.84. The zero-order chi connectivity index (χ0) is 27.6. The number of rotatable bonds is 12. The molecule has 1 heterocycles. The summed E-state index contributed by atoms with van der Waals surface area (Å²) in [6, 6.07) is 7.21. The molecule has 0 unspecified atom stereocenters. The Morgan fingerprint density at radius 1 is 1.11 bits per heavy atom. The maximum atomic E-state index is 14.0. The van der Waals surface area contributed by atoms with Crippen LogP contribution in [0.25, 0.3) is 22.2 Å². The number of nitrogens with zero attached hydrogens (tertiary/aromatic N) is 1. The van der Waals surface area contributed by atoms with E-state index in [4.69, 9.17) is 5.73 Å². The lowest BCUT2D eigenvalue weighted by Crippen LogP contribution is -2.28. The molecule has 4 N–H and O–H groups in total. The van der Waals surface area contributed by atoms with Crippen molar-refractivity contribution in [2.24, 2.45) is 5.73 Å². The van der Waals surface area contributed by atoms with E-state index in [0.717, 1.165) is 31.7 Å². The van der Waals surface area contributed by atoms with Gasteiger partial charge < -0.3 is 15.4 Å². The van der Waals surface area contributed by atoms with Gasteiger partial charge in [-0.25, -0.2) is 22.3 Å². The van der Waals surface area contributed by atoms with Crippen LogP contribution in [-0.4, -0.2) is 36.5 Å². The molecule has 38 heavy (non-hydrogen) atoms. The van der Waals surface area contributed by atoms with Gasteiger partial charge in [0, 0.05) is 23.5 Å². The van der Waals surface area contributed by atoms with Crippen molar-refractivity contribution in [3.63, 3.8) is 0 Å². The first-order valence-electron chi connectivity index (χ1n) is 12.6. The molecule has 0 saturated heterocycles. The number of hydrogen-bond donors (Lipinski definition) is 3.